The number of carbonyl (C=O) groups is 2. The Bertz CT molecular complexity index is 449. The molecule has 0 bridgehead atoms. The number of carboxylic acid groups (broad SMARTS) is 2. The van der Waals surface area contributed by atoms with Gasteiger partial charge in [0.2, 0.25) is 0 Å². The Morgan fingerprint density at radius 1 is 1.08 bits per heavy atom. The van der Waals surface area contributed by atoms with E-state index in [1.165, 1.54) is 5.84 Å². The summed E-state index contributed by atoms with van der Waals surface area (Å²) in [5.41, 5.74) is 0. The lowest BCUT2D eigenvalue weighted by Gasteiger charge is -2.30. The number of rotatable bonds is 1. The molecule has 1 fully saturated rings. The number of nitrogens with one attached hydrogen (secondary N) is 1. The van der Waals surface area contributed by atoms with Gasteiger partial charge in [0, 0.05) is 32.6 Å². The first kappa shape index (κ1) is 21.9. The van der Waals surface area contributed by atoms with Crippen LogP contribution in [0.5, 0.6) is 0 Å². The van der Waals surface area contributed by atoms with E-state index in [2.05, 4.69) is 22.3 Å². The zero-order chi connectivity index (χ0) is 19.1. The number of nitrogens with zero attached hydrogens (tertiary/aromatic N) is 2. The molecule has 0 unspecified atom stereocenters. The average molecular weight is 367 g/mol. The molecular weight excluding hydrogens is 352 g/mol. The lowest BCUT2D eigenvalue weighted by atomic mass is 10.0. The highest BCUT2D eigenvalue weighted by molar-refractivity contribution is 5.87. The number of aliphatic imine (C=N–C) groups is 1. The van der Waals surface area contributed by atoms with Crippen LogP contribution >= 0.6 is 0 Å². The van der Waals surface area contributed by atoms with Crippen LogP contribution in [0.3, 0.4) is 0 Å². The van der Waals surface area contributed by atoms with E-state index in [1.807, 2.05) is 0 Å². The molecule has 24 heavy (non-hydrogen) atoms. The van der Waals surface area contributed by atoms with Crippen LogP contribution in [0, 0.1) is 5.92 Å². The summed E-state index contributed by atoms with van der Waals surface area (Å²) in [5.74, 6) is -3.48. The number of hydrogen-bond acceptors (Lipinski definition) is 5. The van der Waals surface area contributed by atoms with Gasteiger partial charge in [0.25, 0.3) is 0 Å². The maximum absolute atomic E-state index is 10.6. The third-order valence-corrected chi connectivity index (χ3v) is 2.73. The molecule has 2 aliphatic rings. The molecule has 0 aromatic carbocycles. The molecule has 7 nitrogen and oxygen atoms in total. The van der Waals surface area contributed by atoms with E-state index in [-0.39, 0.29) is 0 Å². The summed E-state index contributed by atoms with van der Waals surface area (Å²) in [7, 11) is 2.13. The molecule has 140 valence electrons. The van der Waals surface area contributed by atoms with Crippen molar-refractivity contribution in [2.75, 3.05) is 33.2 Å². The van der Waals surface area contributed by atoms with Gasteiger partial charge in [0.1, 0.15) is 5.84 Å². The van der Waals surface area contributed by atoms with Gasteiger partial charge in [-0.05, 0) is 0 Å². The maximum Gasteiger partial charge on any atom is 0.490 e. The van der Waals surface area contributed by atoms with Gasteiger partial charge in [-0.2, -0.15) is 26.3 Å². The van der Waals surface area contributed by atoms with Gasteiger partial charge >= 0.3 is 24.3 Å². The Morgan fingerprint density at radius 3 is 1.62 bits per heavy atom. The normalized spacial score (nSPS) is 17.6. The van der Waals surface area contributed by atoms with Crippen LogP contribution in [0.4, 0.5) is 26.3 Å². The summed E-state index contributed by atoms with van der Waals surface area (Å²) in [4.78, 5) is 24.5. The van der Waals surface area contributed by atoms with Crippen LogP contribution in [0.2, 0.25) is 0 Å². The van der Waals surface area contributed by atoms with Crippen LogP contribution in [0.15, 0.2) is 4.99 Å². The number of alkyl halides is 6. The Labute approximate surface area is 131 Å². The van der Waals surface area contributed by atoms with E-state index < -0.39 is 24.3 Å². The molecular formula is C11H15F6N3O4. The second kappa shape index (κ2) is 8.70. The number of hydrogen-bond donors (Lipinski definition) is 3. The van der Waals surface area contributed by atoms with Gasteiger partial charge in [-0.3, -0.25) is 4.99 Å². The predicted molar refractivity (Wildman–Crippen MR) is 68.7 cm³/mol. The van der Waals surface area contributed by atoms with Crippen molar-refractivity contribution in [3.8, 4) is 0 Å². The summed E-state index contributed by atoms with van der Waals surface area (Å²) >= 11 is 0. The van der Waals surface area contributed by atoms with Crippen molar-refractivity contribution in [1.29, 1.82) is 0 Å². The maximum atomic E-state index is 10.6. The lowest BCUT2D eigenvalue weighted by Crippen LogP contribution is -2.50. The number of amidine groups is 1. The number of carboxylic acids is 2. The Morgan fingerprint density at radius 2 is 1.46 bits per heavy atom. The largest absolute Gasteiger partial charge is 0.490 e. The third kappa shape index (κ3) is 7.99. The first-order valence-electron chi connectivity index (χ1n) is 6.33. The molecule has 0 aliphatic carbocycles. The lowest BCUT2D eigenvalue weighted by molar-refractivity contribution is -0.193. The van der Waals surface area contributed by atoms with Gasteiger partial charge in [-0.25, -0.2) is 9.59 Å². The van der Waals surface area contributed by atoms with Crippen LogP contribution in [0.1, 0.15) is 0 Å². The molecule has 0 saturated carbocycles. The molecule has 2 aliphatic heterocycles. The van der Waals surface area contributed by atoms with Crippen LogP contribution in [-0.4, -0.2) is 78.5 Å². The zero-order valence-corrected chi connectivity index (χ0v) is 12.3. The highest BCUT2D eigenvalue weighted by Gasteiger charge is 2.38. The minimum atomic E-state index is -5.08. The Kier molecular flexibility index (Phi) is 7.96. The van der Waals surface area contributed by atoms with Gasteiger partial charge in [-0.15, -0.1) is 0 Å². The standard InChI is InChI=1S/C7H13N3.2C2HF3O2/c1-10-3-2-9-7(10)6-4-8-5-6;2*3-2(4,5)1(6)7/h6,8H,2-5H2,1H3;2*(H,6,7). The molecule has 13 heteroatoms. The number of aliphatic carboxylic acids is 2. The fourth-order valence-corrected chi connectivity index (χ4v) is 1.46. The molecule has 0 aromatic rings. The molecule has 1 saturated heterocycles. The zero-order valence-electron chi connectivity index (χ0n) is 12.3. The fraction of sp³-hybridized carbons (Fsp3) is 0.727. The predicted octanol–water partition coefficient (Wildman–Crippen LogP) is 0.816. The molecule has 0 atom stereocenters. The number of likely N-dealkylation sites (N-methyl/N-ethyl adjacent to an activating group) is 1. The van der Waals surface area contributed by atoms with E-state index in [1.54, 1.807) is 0 Å². The minimum absolute atomic E-state index is 0.715. The first-order valence-corrected chi connectivity index (χ1v) is 6.33. The topological polar surface area (TPSA) is 102 Å². The van der Waals surface area contributed by atoms with Crippen LogP contribution in [-0.2, 0) is 9.59 Å². The highest BCUT2D eigenvalue weighted by Crippen LogP contribution is 2.14. The van der Waals surface area contributed by atoms with Crippen LogP contribution in [0.25, 0.3) is 0 Å². The van der Waals surface area contributed by atoms with Gasteiger partial charge < -0.3 is 20.4 Å². The average Bonchev–Trinajstić information content (AvgIpc) is 2.72. The quantitative estimate of drug-likeness (QED) is 0.593. The third-order valence-electron chi connectivity index (χ3n) is 2.73. The van der Waals surface area contributed by atoms with Crippen molar-refractivity contribution in [2.45, 2.75) is 12.4 Å². The summed E-state index contributed by atoms with van der Waals surface area (Å²) in [6.07, 6.45) is -10.2. The van der Waals surface area contributed by atoms with E-state index in [0.717, 1.165) is 26.2 Å². The van der Waals surface area contributed by atoms with E-state index >= 15 is 0 Å². The summed E-state index contributed by atoms with van der Waals surface area (Å²) < 4.78 is 63.5. The summed E-state index contributed by atoms with van der Waals surface area (Å²) in [5, 5.41) is 17.5. The van der Waals surface area contributed by atoms with Crippen molar-refractivity contribution in [3.63, 3.8) is 0 Å². The minimum Gasteiger partial charge on any atom is -0.475 e. The van der Waals surface area contributed by atoms with Crippen molar-refractivity contribution >= 4 is 17.8 Å². The molecule has 0 amide bonds. The first-order chi connectivity index (χ1) is 10.8. The fourth-order valence-electron chi connectivity index (χ4n) is 1.46. The highest BCUT2D eigenvalue weighted by atomic mass is 19.4. The van der Waals surface area contributed by atoms with Gasteiger partial charge in [0.05, 0.1) is 6.54 Å². The monoisotopic (exact) mass is 367 g/mol. The Balaban J connectivity index is 0.000000343. The van der Waals surface area contributed by atoms with E-state index in [0.29, 0.717) is 5.92 Å². The Hall–Kier alpha value is -2.05. The second-order valence-electron chi connectivity index (χ2n) is 4.62. The van der Waals surface area contributed by atoms with Crippen molar-refractivity contribution in [1.82, 2.24) is 10.2 Å². The number of halogens is 6. The van der Waals surface area contributed by atoms with Gasteiger partial charge in [0.15, 0.2) is 0 Å². The summed E-state index contributed by atoms with van der Waals surface area (Å²) in [6, 6.07) is 0. The molecule has 2 heterocycles. The molecule has 0 aromatic heterocycles. The smallest absolute Gasteiger partial charge is 0.475 e. The SMILES string of the molecule is CN1CCN=C1C1CNC1.O=C(O)C(F)(F)F.O=C(O)C(F)(F)F. The molecule has 0 radical (unpaired) electrons. The molecule has 2 rings (SSSR count). The molecule has 0 spiro atoms. The van der Waals surface area contributed by atoms with Crippen molar-refractivity contribution < 1.29 is 46.1 Å². The van der Waals surface area contributed by atoms with Gasteiger partial charge in [-0.1, -0.05) is 0 Å². The molecule has 3 N–H and O–H groups in total. The van der Waals surface area contributed by atoms with Crippen molar-refractivity contribution in [3.05, 3.63) is 0 Å². The van der Waals surface area contributed by atoms with E-state index in [4.69, 9.17) is 19.8 Å². The second-order valence-corrected chi connectivity index (χ2v) is 4.62. The van der Waals surface area contributed by atoms with E-state index in [9.17, 15) is 26.3 Å². The summed E-state index contributed by atoms with van der Waals surface area (Å²) in [6.45, 7) is 4.38. The van der Waals surface area contributed by atoms with Crippen molar-refractivity contribution in [2.24, 2.45) is 10.9 Å². The van der Waals surface area contributed by atoms with Crippen LogP contribution < -0.4 is 5.32 Å².